The number of ketones is 1. The number of aryl methyl sites for hydroxylation is 1. The number of benzene rings is 1. The highest BCUT2D eigenvalue weighted by atomic mass is 19.4. The van der Waals surface area contributed by atoms with E-state index in [1.165, 1.54) is 6.07 Å². The van der Waals surface area contributed by atoms with Crippen molar-refractivity contribution >= 4 is 5.78 Å². The van der Waals surface area contributed by atoms with Crippen LogP contribution in [0, 0.1) is 6.92 Å². The molecule has 0 radical (unpaired) electrons. The van der Waals surface area contributed by atoms with Crippen LogP contribution < -0.4 is 0 Å². The fraction of sp³-hybridized carbons (Fsp3) is 0.167. The van der Waals surface area contributed by atoms with Crippen molar-refractivity contribution in [2.24, 2.45) is 0 Å². The Hall–Kier alpha value is -2.11. The third kappa shape index (κ3) is 2.27. The quantitative estimate of drug-likeness (QED) is 0.774. The molecule has 0 aliphatic rings. The Labute approximate surface area is 100 Å². The van der Waals surface area contributed by atoms with Gasteiger partial charge in [-0.3, -0.25) is 4.79 Å². The average Bonchev–Trinajstić information content (AvgIpc) is 2.77. The van der Waals surface area contributed by atoms with Crippen molar-refractivity contribution < 1.29 is 22.5 Å². The number of nitrogens with zero attached hydrogens (tertiary/aromatic N) is 1. The van der Waals surface area contributed by atoms with E-state index in [2.05, 4.69) is 9.68 Å². The molecule has 0 saturated heterocycles. The number of halogens is 3. The zero-order chi connectivity index (χ0) is 13.3. The van der Waals surface area contributed by atoms with Crippen molar-refractivity contribution in [3.63, 3.8) is 0 Å². The van der Waals surface area contributed by atoms with Crippen molar-refractivity contribution in [1.82, 2.24) is 5.16 Å². The minimum absolute atomic E-state index is 0.305. The molecule has 2 aromatic rings. The smallest absolute Gasteiger partial charge is 0.351 e. The van der Waals surface area contributed by atoms with Crippen LogP contribution in [0.3, 0.4) is 0 Å². The fourth-order valence-corrected chi connectivity index (χ4v) is 1.48. The van der Waals surface area contributed by atoms with Crippen molar-refractivity contribution in [2.45, 2.75) is 13.1 Å². The van der Waals surface area contributed by atoms with E-state index in [1.807, 2.05) is 0 Å². The van der Waals surface area contributed by atoms with Gasteiger partial charge in [-0.1, -0.05) is 29.4 Å². The highest BCUT2D eigenvalue weighted by Gasteiger charge is 2.36. The van der Waals surface area contributed by atoms with Gasteiger partial charge in [-0.25, -0.2) is 0 Å². The molecule has 0 saturated carbocycles. The molecule has 0 bridgehead atoms. The summed E-state index contributed by atoms with van der Waals surface area (Å²) in [6.45, 7) is 1.69. The lowest BCUT2D eigenvalue weighted by Gasteiger charge is -2.00. The number of hydrogen-bond donors (Lipinski definition) is 0. The van der Waals surface area contributed by atoms with Crippen LogP contribution in [0.15, 0.2) is 34.9 Å². The predicted molar refractivity (Wildman–Crippen MR) is 56.1 cm³/mol. The average molecular weight is 255 g/mol. The van der Waals surface area contributed by atoms with Crippen molar-refractivity contribution in [3.05, 3.63) is 52.9 Å². The summed E-state index contributed by atoms with van der Waals surface area (Å²) in [7, 11) is 0. The van der Waals surface area contributed by atoms with Gasteiger partial charge in [0.15, 0.2) is 5.69 Å². The Balaban J connectivity index is 2.36. The second-order valence-corrected chi connectivity index (χ2v) is 3.72. The number of carbonyl (C=O) groups excluding carboxylic acids is 1. The summed E-state index contributed by atoms with van der Waals surface area (Å²) in [6, 6.07) is 7.19. The second-order valence-electron chi connectivity index (χ2n) is 3.72. The van der Waals surface area contributed by atoms with Gasteiger partial charge in [-0.2, -0.15) is 13.2 Å². The summed E-state index contributed by atoms with van der Waals surface area (Å²) in [5, 5.41) is 3.16. The fourth-order valence-electron chi connectivity index (χ4n) is 1.48. The largest absolute Gasteiger partial charge is 0.452 e. The molecule has 6 heteroatoms. The number of carbonyl (C=O) groups is 1. The highest BCUT2D eigenvalue weighted by molar-refractivity contribution is 6.08. The first-order valence-electron chi connectivity index (χ1n) is 5.04. The Morgan fingerprint density at radius 2 is 1.94 bits per heavy atom. The molecular formula is C12H8F3NO2. The summed E-state index contributed by atoms with van der Waals surface area (Å²) in [6.07, 6.45) is -4.64. The maximum Gasteiger partial charge on any atom is 0.452 e. The van der Waals surface area contributed by atoms with E-state index in [1.54, 1.807) is 25.1 Å². The van der Waals surface area contributed by atoms with Crippen LogP contribution in [0.2, 0.25) is 0 Å². The number of alkyl halides is 3. The molecule has 0 aliphatic heterocycles. The molecule has 2 rings (SSSR count). The van der Waals surface area contributed by atoms with Crippen molar-refractivity contribution in [3.8, 4) is 0 Å². The first kappa shape index (κ1) is 12.3. The van der Waals surface area contributed by atoms with Crippen LogP contribution in [0.4, 0.5) is 13.2 Å². The van der Waals surface area contributed by atoms with E-state index >= 15 is 0 Å². The summed E-state index contributed by atoms with van der Waals surface area (Å²) < 4.78 is 41.0. The molecule has 0 aliphatic carbocycles. The molecule has 1 heterocycles. The lowest BCUT2D eigenvalue weighted by atomic mass is 10.0. The predicted octanol–water partition coefficient (Wildman–Crippen LogP) is 3.23. The van der Waals surface area contributed by atoms with Crippen LogP contribution in [-0.4, -0.2) is 10.9 Å². The topological polar surface area (TPSA) is 43.1 Å². The molecular weight excluding hydrogens is 247 g/mol. The molecule has 0 spiro atoms. The molecule has 18 heavy (non-hydrogen) atoms. The van der Waals surface area contributed by atoms with Crippen LogP contribution in [0.5, 0.6) is 0 Å². The zero-order valence-corrected chi connectivity index (χ0v) is 9.28. The number of hydrogen-bond acceptors (Lipinski definition) is 3. The summed E-state index contributed by atoms with van der Waals surface area (Å²) in [4.78, 5) is 11.9. The maximum absolute atomic E-state index is 12.3. The first-order valence-corrected chi connectivity index (χ1v) is 5.04. The van der Waals surface area contributed by atoms with Gasteiger partial charge < -0.3 is 4.52 Å². The van der Waals surface area contributed by atoms with Gasteiger partial charge in [0.25, 0.3) is 0 Å². The van der Waals surface area contributed by atoms with Crippen LogP contribution in [0.25, 0.3) is 0 Å². The van der Waals surface area contributed by atoms with E-state index in [9.17, 15) is 18.0 Å². The molecule has 3 nitrogen and oxygen atoms in total. The molecule has 0 N–H and O–H groups in total. The minimum atomic E-state index is -4.64. The Morgan fingerprint density at radius 3 is 2.50 bits per heavy atom. The third-order valence-electron chi connectivity index (χ3n) is 2.41. The van der Waals surface area contributed by atoms with Crippen LogP contribution in [-0.2, 0) is 6.18 Å². The van der Waals surface area contributed by atoms with E-state index in [0.29, 0.717) is 17.2 Å². The standard InChI is InChI=1S/C12H8F3NO2/c1-7-4-2-3-5-8(7)11(17)9-6-10(18-16-9)12(13,14)15/h2-6H,1H3. The third-order valence-corrected chi connectivity index (χ3v) is 2.41. The molecule has 1 aromatic heterocycles. The van der Waals surface area contributed by atoms with Crippen molar-refractivity contribution in [1.29, 1.82) is 0 Å². The Kier molecular flexibility index (Phi) is 2.94. The van der Waals surface area contributed by atoms with Crippen molar-refractivity contribution in [2.75, 3.05) is 0 Å². The number of rotatable bonds is 2. The minimum Gasteiger partial charge on any atom is -0.351 e. The van der Waals surface area contributed by atoms with E-state index in [0.717, 1.165) is 0 Å². The normalized spacial score (nSPS) is 11.6. The van der Waals surface area contributed by atoms with E-state index in [4.69, 9.17) is 0 Å². The van der Waals surface area contributed by atoms with Gasteiger partial charge >= 0.3 is 6.18 Å². The van der Waals surface area contributed by atoms with Gasteiger partial charge in [0, 0.05) is 11.6 Å². The van der Waals surface area contributed by atoms with Gasteiger partial charge in [0.1, 0.15) is 0 Å². The SMILES string of the molecule is Cc1ccccc1C(=O)c1cc(C(F)(F)F)on1. The summed E-state index contributed by atoms with van der Waals surface area (Å²) in [5.41, 5.74) is 0.621. The Bertz CT molecular complexity index is 587. The Morgan fingerprint density at radius 1 is 1.28 bits per heavy atom. The number of aromatic nitrogens is 1. The molecule has 0 unspecified atom stereocenters. The first-order chi connectivity index (χ1) is 8.39. The van der Waals surface area contributed by atoms with Gasteiger partial charge in [0.05, 0.1) is 0 Å². The zero-order valence-electron chi connectivity index (χ0n) is 9.28. The molecule has 0 fully saturated rings. The molecule has 0 amide bonds. The van der Waals surface area contributed by atoms with Gasteiger partial charge in [-0.05, 0) is 12.5 Å². The molecule has 1 aromatic carbocycles. The summed E-state index contributed by atoms with van der Waals surface area (Å²) >= 11 is 0. The monoisotopic (exact) mass is 255 g/mol. The molecule has 0 atom stereocenters. The maximum atomic E-state index is 12.3. The lowest BCUT2D eigenvalue weighted by molar-refractivity contribution is -0.155. The van der Waals surface area contributed by atoms with Crippen LogP contribution >= 0.6 is 0 Å². The van der Waals surface area contributed by atoms with E-state index < -0.39 is 17.7 Å². The highest BCUT2D eigenvalue weighted by Crippen LogP contribution is 2.30. The molecule has 94 valence electrons. The summed E-state index contributed by atoms with van der Waals surface area (Å²) in [5.74, 6) is -1.87. The van der Waals surface area contributed by atoms with Gasteiger partial charge in [0.2, 0.25) is 11.5 Å². The lowest BCUT2D eigenvalue weighted by Crippen LogP contribution is -2.05. The van der Waals surface area contributed by atoms with Crippen LogP contribution in [0.1, 0.15) is 27.4 Å². The van der Waals surface area contributed by atoms with Gasteiger partial charge in [-0.15, -0.1) is 0 Å². The van der Waals surface area contributed by atoms with E-state index in [-0.39, 0.29) is 5.69 Å². The second kappa shape index (κ2) is 4.29.